The van der Waals surface area contributed by atoms with Gasteiger partial charge in [-0.2, -0.15) is 0 Å². The van der Waals surface area contributed by atoms with Gasteiger partial charge in [-0.15, -0.1) is 0 Å². The predicted molar refractivity (Wildman–Crippen MR) is 76.3 cm³/mol. The Balaban J connectivity index is 1.77. The van der Waals surface area contributed by atoms with Crippen LogP contribution < -0.4 is 0 Å². The van der Waals surface area contributed by atoms with Crippen LogP contribution in [0.4, 0.5) is 0 Å². The summed E-state index contributed by atoms with van der Waals surface area (Å²) < 4.78 is 5.39. The summed E-state index contributed by atoms with van der Waals surface area (Å²) in [6, 6.07) is 11.9. The highest BCUT2D eigenvalue weighted by Gasteiger charge is 2.21. The molecule has 0 bridgehead atoms. The average Bonchev–Trinajstić information content (AvgIpc) is 2.86. The number of phenols is 1. The van der Waals surface area contributed by atoms with Crippen molar-refractivity contribution in [2.24, 2.45) is 0 Å². The van der Waals surface area contributed by atoms with Crippen molar-refractivity contribution in [2.75, 3.05) is 20.2 Å². The van der Waals surface area contributed by atoms with Crippen molar-refractivity contribution in [3.8, 4) is 5.75 Å². The van der Waals surface area contributed by atoms with Crippen molar-refractivity contribution in [1.82, 2.24) is 4.90 Å². The van der Waals surface area contributed by atoms with Crippen LogP contribution in [0.15, 0.2) is 36.4 Å². The summed E-state index contributed by atoms with van der Waals surface area (Å²) in [4.78, 5) is 2.43. The molecule has 2 aromatic rings. The van der Waals surface area contributed by atoms with Crippen LogP contribution in [0.1, 0.15) is 12.0 Å². The molecule has 2 aromatic carbocycles. The summed E-state index contributed by atoms with van der Waals surface area (Å²) in [6.07, 6.45) is 1.51. The van der Waals surface area contributed by atoms with Crippen LogP contribution in [0.2, 0.25) is 0 Å². The zero-order chi connectivity index (χ0) is 13.2. The maximum atomic E-state index is 9.46. The molecule has 1 fully saturated rings. The fourth-order valence-electron chi connectivity index (χ4n) is 2.77. The molecule has 0 saturated carbocycles. The molecule has 3 nitrogen and oxygen atoms in total. The molecule has 0 unspecified atom stereocenters. The second kappa shape index (κ2) is 5.19. The number of likely N-dealkylation sites (tertiary alicyclic amines) is 1. The Morgan fingerprint density at radius 2 is 2.00 bits per heavy atom. The lowest BCUT2D eigenvalue weighted by Crippen LogP contribution is -2.22. The zero-order valence-corrected chi connectivity index (χ0v) is 11.2. The first-order chi connectivity index (χ1) is 9.24. The lowest BCUT2D eigenvalue weighted by atomic mass is 10.1. The van der Waals surface area contributed by atoms with E-state index >= 15 is 0 Å². The number of phenolic OH excluding ortho intramolecular Hbond substituents is 1. The van der Waals surface area contributed by atoms with Gasteiger partial charge in [0.05, 0.1) is 6.10 Å². The van der Waals surface area contributed by atoms with Gasteiger partial charge in [0.1, 0.15) is 5.75 Å². The molecule has 100 valence electrons. The van der Waals surface area contributed by atoms with Crippen LogP contribution in [0.3, 0.4) is 0 Å². The van der Waals surface area contributed by atoms with E-state index < -0.39 is 0 Å². The van der Waals surface area contributed by atoms with Gasteiger partial charge in [0.25, 0.3) is 0 Å². The standard InChI is InChI=1S/C16H19NO2/c1-19-16-6-7-17(11-16)10-12-2-3-14-9-15(18)5-4-13(14)8-12/h2-5,8-9,16,18H,6-7,10-11H2,1H3/t16-/m1/s1. The molecular weight excluding hydrogens is 238 g/mol. The molecule has 19 heavy (non-hydrogen) atoms. The van der Waals surface area contributed by atoms with Crippen LogP contribution in [0.25, 0.3) is 10.8 Å². The molecular formula is C16H19NO2. The van der Waals surface area contributed by atoms with Gasteiger partial charge in [0, 0.05) is 26.7 Å². The van der Waals surface area contributed by atoms with Crippen molar-refractivity contribution in [3.05, 3.63) is 42.0 Å². The molecule has 1 atom stereocenters. The maximum absolute atomic E-state index is 9.46. The minimum atomic E-state index is 0.322. The van der Waals surface area contributed by atoms with Gasteiger partial charge < -0.3 is 9.84 Å². The molecule has 0 amide bonds. The normalized spacial score (nSPS) is 20.2. The molecule has 0 spiro atoms. The molecule has 3 rings (SSSR count). The molecule has 0 aliphatic carbocycles. The number of nitrogens with zero attached hydrogens (tertiary/aromatic N) is 1. The molecule has 0 aromatic heterocycles. The second-order valence-corrected chi connectivity index (χ2v) is 5.25. The third kappa shape index (κ3) is 2.72. The van der Waals surface area contributed by atoms with E-state index in [-0.39, 0.29) is 0 Å². The monoisotopic (exact) mass is 257 g/mol. The van der Waals surface area contributed by atoms with Crippen molar-refractivity contribution in [3.63, 3.8) is 0 Å². The first-order valence-corrected chi connectivity index (χ1v) is 6.71. The van der Waals surface area contributed by atoms with Gasteiger partial charge in [-0.1, -0.05) is 18.2 Å². The van der Waals surface area contributed by atoms with Crippen molar-refractivity contribution >= 4 is 10.8 Å². The SMILES string of the molecule is CO[C@@H]1CCN(Cc2ccc3cc(O)ccc3c2)C1. The quantitative estimate of drug-likeness (QED) is 0.917. The minimum Gasteiger partial charge on any atom is -0.508 e. The zero-order valence-electron chi connectivity index (χ0n) is 11.2. The molecule has 0 radical (unpaired) electrons. The Kier molecular flexibility index (Phi) is 3.40. The highest BCUT2D eigenvalue weighted by Crippen LogP contribution is 2.22. The van der Waals surface area contributed by atoms with Crippen LogP contribution in [0, 0.1) is 0 Å². The highest BCUT2D eigenvalue weighted by molar-refractivity contribution is 5.84. The van der Waals surface area contributed by atoms with E-state index in [1.807, 2.05) is 6.07 Å². The number of hydrogen-bond acceptors (Lipinski definition) is 3. The molecule has 1 aliphatic heterocycles. The summed E-state index contributed by atoms with van der Waals surface area (Å²) in [7, 11) is 1.79. The Labute approximate surface area is 113 Å². The fourth-order valence-corrected chi connectivity index (χ4v) is 2.77. The number of methoxy groups -OCH3 is 1. The summed E-state index contributed by atoms with van der Waals surface area (Å²) in [5.74, 6) is 0.322. The van der Waals surface area contributed by atoms with E-state index in [2.05, 4.69) is 23.1 Å². The lowest BCUT2D eigenvalue weighted by Gasteiger charge is -2.16. The summed E-state index contributed by atoms with van der Waals surface area (Å²) in [5, 5.41) is 11.7. The first kappa shape index (κ1) is 12.5. The maximum Gasteiger partial charge on any atom is 0.116 e. The van der Waals surface area contributed by atoms with Crippen LogP contribution >= 0.6 is 0 Å². The van der Waals surface area contributed by atoms with E-state index in [9.17, 15) is 5.11 Å². The van der Waals surface area contributed by atoms with Crippen LogP contribution in [-0.4, -0.2) is 36.3 Å². The number of fused-ring (bicyclic) bond motifs is 1. The smallest absolute Gasteiger partial charge is 0.116 e. The van der Waals surface area contributed by atoms with Gasteiger partial charge in [0.15, 0.2) is 0 Å². The van der Waals surface area contributed by atoms with Gasteiger partial charge in [-0.05, 0) is 41.0 Å². The van der Waals surface area contributed by atoms with E-state index in [0.717, 1.165) is 31.4 Å². The fraction of sp³-hybridized carbons (Fsp3) is 0.375. The highest BCUT2D eigenvalue weighted by atomic mass is 16.5. The molecule has 1 heterocycles. The number of ether oxygens (including phenoxy) is 1. The minimum absolute atomic E-state index is 0.322. The Bertz CT molecular complexity index is 582. The molecule has 1 N–H and O–H groups in total. The first-order valence-electron chi connectivity index (χ1n) is 6.71. The van der Waals surface area contributed by atoms with Crippen molar-refractivity contribution in [2.45, 2.75) is 19.1 Å². The third-order valence-electron chi connectivity index (χ3n) is 3.86. The molecule has 1 saturated heterocycles. The number of rotatable bonds is 3. The summed E-state index contributed by atoms with van der Waals surface area (Å²) in [6.45, 7) is 3.09. The number of benzene rings is 2. The van der Waals surface area contributed by atoms with E-state index in [4.69, 9.17) is 4.74 Å². The Hall–Kier alpha value is -1.58. The second-order valence-electron chi connectivity index (χ2n) is 5.25. The average molecular weight is 257 g/mol. The van der Waals surface area contributed by atoms with Crippen LogP contribution in [0.5, 0.6) is 5.75 Å². The molecule has 3 heteroatoms. The number of hydrogen-bond donors (Lipinski definition) is 1. The van der Waals surface area contributed by atoms with E-state index in [1.54, 1.807) is 19.2 Å². The topological polar surface area (TPSA) is 32.7 Å². The molecule has 1 aliphatic rings. The Morgan fingerprint density at radius 3 is 2.79 bits per heavy atom. The van der Waals surface area contributed by atoms with Gasteiger partial charge in [-0.25, -0.2) is 0 Å². The number of aromatic hydroxyl groups is 1. The Morgan fingerprint density at radius 1 is 1.21 bits per heavy atom. The van der Waals surface area contributed by atoms with Crippen molar-refractivity contribution in [1.29, 1.82) is 0 Å². The van der Waals surface area contributed by atoms with E-state index in [1.165, 1.54) is 10.9 Å². The largest absolute Gasteiger partial charge is 0.508 e. The van der Waals surface area contributed by atoms with E-state index in [0.29, 0.717) is 11.9 Å². The van der Waals surface area contributed by atoms with Gasteiger partial charge in [-0.3, -0.25) is 4.90 Å². The van der Waals surface area contributed by atoms with Crippen molar-refractivity contribution < 1.29 is 9.84 Å². The summed E-state index contributed by atoms with van der Waals surface area (Å²) >= 11 is 0. The van der Waals surface area contributed by atoms with Crippen LogP contribution in [-0.2, 0) is 11.3 Å². The summed E-state index contributed by atoms with van der Waals surface area (Å²) in [5.41, 5.74) is 1.31. The predicted octanol–water partition coefficient (Wildman–Crippen LogP) is 2.77. The van der Waals surface area contributed by atoms with Gasteiger partial charge in [0.2, 0.25) is 0 Å². The third-order valence-corrected chi connectivity index (χ3v) is 3.86. The lowest BCUT2D eigenvalue weighted by molar-refractivity contribution is 0.107. The van der Waals surface area contributed by atoms with Gasteiger partial charge >= 0.3 is 0 Å².